The number of nitrogens with one attached hydrogen (secondary N) is 1. The summed E-state index contributed by atoms with van der Waals surface area (Å²) < 4.78 is 48.9. The monoisotopic (exact) mass is 306 g/mol. The lowest BCUT2D eigenvalue weighted by Gasteiger charge is -2.16. The molecular weight excluding hydrogens is 286 g/mol. The third-order valence-corrected chi connectivity index (χ3v) is 4.88. The van der Waals surface area contributed by atoms with Crippen LogP contribution in [0, 0.1) is 11.6 Å². The number of sulfone groups is 1. The zero-order valence-corrected chi connectivity index (χ0v) is 12.2. The van der Waals surface area contributed by atoms with Gasteiger partial charge in [-0.25, -0.2) is 17.2 Å². The zero-order chi connectivity index (χ0) is 15.2. The van der Waals surface area contributed by atoms with Gasteiger partial charge in [0.05, 0.1) is 5.75 Å². The minimum atomic E-state index is -3.00. The zero-order valence-electron chi connectivity index (χ0n) is 11.4. The molecule has 0 spiro atoms. The molecule has 0 aliphatic rings. The van der Waals surface area contributed by atoms with Gasteiger partial charge in [0.15, 0.2) is 0 Å². The lowest BCUT2D eigenvalue weighted by atomic mass is 10.0. The average Bonchev–Trinajstić information content (AvgIpc) is 2.36. The van der Waals surface area contributed by atoms with Crippen molar-refractivity contribution in [3.8, 4) is 0 Å². The van der Waals surface area contributed by atoms with Crippen LogP contribution in [-0.4, -0.2) is 26.0 Å². The van der Waals surface area contributed by atoms with E-state index in [1.807, 2.05) is 0 Å². The Morgan fingerprint density at radius 2 is 1.85 bits per heavy atom. The molecule has 0 saturated carbocycles. The van der Waals surface area contributed by atoms with Crippen LogP contribution in [0.25, 0.3) is 0 Å². The molecule has 0 aliphatic heterocycles. The standard InChI is InChI=1S/C13H20F2N2O2S/c1-2-20(18,19)5-3-4-13(17-16)8-10-6-11(14)9-12(15)7-10/h6-7,9,13,17H,2-5,8,16H2,1H3. The number of halogens is 2. The predicted molar refractivity (Wildman–Crippen MR) is 74.7 cm³/mol. The fourth-order valence-corrected chi connectivity index (χ4v) is 2.85. The smallest absolute Gasteiger partial charge is 0.150 e. The summed E-state index contributed by atoms with van der Waals surface area (Å²) in [6, 6.07) is 3.08. The van der Waals surface area contributed by atoms with Gasteiger partial charge in [0.25, 0.3) is 0 Å². The Bertz CT molecular complexity index is 515. The van der Waals surface area contributed by atoms with Gasteiger partial charge in [-0.15, -0.1) is 0 Å². The van der Waals surface area contributed by atoms with Gasteiger partial charge in [-0.1, -0.05) is 6.92 Å². The molecule has 1 rings (SSSR count). The van der Waals surface area contributed by atoms with Crippen LogP contribution in [0.5, 0.6) is 0 Å². The summed E-state index contributed by atoms with van der Waals surface area (Å²) in [7, 11) is -3.00. The van der Waals surface area contributed by atoms with Crippen molar-refractivity contribution in [3.63, 3.8) is 0 Å². The Labute approximate surface area is 118 Å². The third-order valence-electron chi connectivity index (χ3n) is 3.09. The van der Waals surface area contributed by atoms with E-state index in [0.29, 0.717) is 24.8 Å². The van der Waals surface area contributed by atoms with Crippen LogP contribution in [-0.2, 0) is 16.3 Å². The first-order valence-corrected chi connectivity index (χ1v) is 8.30. The number of hydrogen-bond acceptors (Lipinski definition) is 4. The van der Waals surface area contributed by atoms with Crippen molar-refractivity contribution in [2.24, 2.45) is 5.84 Å². The number of rotatable bonds is 8. The van der Waals surface area contributed by atoms with E-state index in [-0.39, 0.29) is 17.5 Å². The Morgan fingerprint density at radius 3 is 2.35 bits per heavy atom. The van der Waals surface area contributed by atoms with Crippen LogP contribution in [0.15, 0.2) is 18.2 Å². The molecule has 20 heavy (non-hydrogen) atoms. The van der Waals surface area contributed by atoms with Crippen molar-refractivity contribution in [3.05, 3.63) is 35.4 Å². The van der Waals surface area contributed by atoms with Crippen molar-refractivity contribution in [2.45, 2.75) is 32.2 Å². The van der Waals surface area contributed by atoms with Gasteiger partial charge in [0.2, 0.25) is 0 Å². The molecule has 0 heterocycles. The summed E-state index contributed by atoms with van der Waals surface area (Å²) in [5, 5.41) is 0. The molecule has 0 radical (unpaired) electrons. The van der Waals surface area contributed by atoms with Gasteiger partial charge in [-0.05, 0) is 37.0 Å². The van der Waals surface area contributed by atoms with E-state index in [1.54, 1.807) is 6.92 Å². The van der Waals surface area contributed by atoms with Gasteiger partial charge in [-0.3, -0.25) is 11.3 Å². The van der Waals surface area contributed by atoms with E-state index in [4.69, 9.17) is 5.84 Å². The van der Waals surface area contributed by atoms with Crippen molar-refractivity contribution >= 4 is 9.84 Å². The second-order valence-corrected chi connectivity index (χ2v) is 7.20. The highest BCUT2D eigenvalue weighted by atomic mass is 32.2. The molecule has 1 atom stereocenters. The fraction of sp³-hybridized carbons (Fsp3) is 0.538. The molecule has 4 nitrogen and oxygen atoms in total. The van der Waals surface area contributed by atoms with Crippen molar-refractivity contribution in [1.29, 1.82) is 0 Å². The number of hydrazine groups is 1. The molecule has 0 aliphatic carbocycles. The van der Waals surface area contributed by atoms with Gasteiger partial charge < -0.3 is 0 Å². The molecule has 1 aromatic carbocycles. The summed E-state index contributed by atoms with van der Waals surface area (Å²) in [5.41, 5.74) is 3.04. The average molecular weight is 306 g/mol. The maximum Gasteiger partial charge on any atom is 0.150 e. The van der Waals surface area contributed by atoms with Gasteiger partial charge in [-0.2, -0.15) is 0 Å². The highest BCUT2D eigenvalue weighted by Gasteiger charge is 2.12. The maximum absolute atomic E-state index is 13.1. The first kappa shape index (κ1) is 17.0. The van der Waals surface area contributed by atoms with Gasteiger partial charge in [0.1, 0.15) is 21.5 Å². The molecule has 0 saturated heterocycles. The van der Waals surface area contributed by atoms with E-state index < -0.39 is 21.5 Å². The highest BCUT2D eigenvalue weighted by Crippen LogP contribution is 2.12. The molecule has 1 unspecified atom stereocenters. The minimum absolute atomic E-state index is 0.0964. The van der Waals surface area contributed by atoms with Crippen LogP contribution in [0.4, 0.5) is 8.78 Å². The fourth-order valence-electron chi connectivity index (χ4n) is 1.95. The van der Waals surface area contributed by atoms with Crippen LogP contribution in [0.1, 0.15) is 25.3 Å². The minimum Gasteiger partial charge on any atom is -0.271 e. The molecule has 0 bridgehead atoms. The summed E-state index contributed by atoms with van der Waals surface area (Å²) in [6.07, 6.45) is 1.33. The second kappa shape index (κ2) is 7.66. The van der Waals surface area contributed by atoms with Crippen LogP contribution < -0.4 is 11.3 Å². The summed E-state index contributed by atoms with van der Waals surface area (Å²) in [4.78, 5) is 0. The Balaban J connectivity index is 2.55. The van der Waals surface area contributed by atoms with Crippen molar-refractivity contribution in [1.82, 2.24) is 5.43 Å². The van der Waals surface area contributed by atoms with E-state index in [0.717, 1.165) is 6.07 Å². The largest absolute Gasteiger partial charge is 0.271 e. The normalized spacial score (nSPS) is 13.4. The first-order chi connectivity index (χ1) is 9.36. The lowest BCUT2D eigenvalue weighted by Crippen LogP contribution is -2.37. The van der Waals surface area contributed by atoms with Crippen LogP contribution in [0.2, 0.25) is 0 Å². The van der Waals surface area contributed by atoms with Crippen molar-refractivity contribution in [2.75, 3.05) is 11.5 Å². The third kappa shape index (κ3) is 5.94. The molecule has 114 valence electrons. The molecule has 7 heteroatoms. The Morgan fingerprint density at radius 1 is 1.25 bits per heavy atom. The first-order valence-electron chi connectivity index (χ1n) is 6.48. The quantitative estimate of drug-likeness (QED) is 0.565. The van der Waals surface area contributed by atoms with Crippen LogP contribution in [0.3, 0.4) is 0 Å². The highest BCUT2D eigenvalue weighted by molar-refractivity contribution is 7.91. The van der Waals surface area contributed by atoms with Gasteiger partial charge in [0, 0.05) is 17.9 Å². The van der Waals surface area contributed by atoms with E-state index in [1.165, 1.54) is 12.1 Å². The van der Waals surface area contributed by atoms with E-state index in [9.17, 15) is 17.2 Å². The molecular formula is C13H20F2N2O2S. The molecule has 0 fully saturated rings. The Kier molecular flexibility index (Phi) is 6.51. The summed E-state index contributed by atoms with van der Waals surface area (Å²) in [5.74, 6) is 4.33. The molecule has 3 N–H and O–H groups in total. The Hall–Kier alpha value is -1.05. The van der Waals surface area contributed by atoms with E-state index in [2.05, 4.69) is 5.43 Å². The number of hydrogen-bond donors (Lipinski definition) is 2. The summed E-state index contributed by atoms with van der Waals surface area (Å²) >= 11 is 0. The van der Waals surface area contributed by atoms with Gasteiger partial charge >= 0.3 is 0 Å². The number of nitrogens with two attached hydrogens (primary N) is 1. The van der Waals surface area contributed by atoms with Crippen molar-refractivity contribution < 1.29 is 17.2 Å². The predicted octanol–water partition coefficient (Wildman–Crippen LogP) is 1.55. The second-order valence-electron chi connectivity index (χ2n) is 4.72. The molecule has 1 aromatic rings. The molecule has 0 aromatic heterocycles. The lowest BCUT2D eigenvalue weighted by molar-refractivity contribution is 0.481. The molecule has 0 amide bonds. The summed E-state index contributed by atoms with van der Waals surface area (Å²) in [6.45, 7) is 1.60. The maximum atomic E-state index is 13.1. The van der Waals surface area contributed by atoms with E-state index >= 15 is 0 Å². The number of benzene rings is 1. The SMILES string of the molecule is CCS(=O)(=O)CCCC(Cc1cc(F)cc(F)c1)NN. The van der Waals surface area contributed by atoms with Crippen LogP contribution >= 0.6 is 0 Å². The topological polar surface area (TPSA) is 72.2 Å².